The van der Waals surface area contributed by atoms with Gasteiger partial charge in [0.25, 0.3) is 5.91 Å². The third-order valence-electron chi connectivity index (χ3n) is 3.60. The summed E-state index contributed by atoms with van der Waals surface area (Å²) >= 11 is 0. The fourth-order valence-corrected chi connectivity index (χ4v) is 2.36. The number of piperazine rings is 1. The first kappa shape index (κ1) is 16.1. The zero-order valence-electron chi connectivity index (χ0n) is 13.2. The Balaban J connectivity index is 1.76. The van der Waals surface area contributed by atoms with Crippen molar-refractivity contribution < 1.29 is 14.3 Å². The number of amides is 3. The van der Waals surface area contributed by atoms with Crippen molar-refractivity contribution in [3.05, 3.63) is 29.8 Å². The second-order valence-corrected chi connectivity index (χ2v) is 5.31. The lowest BCUT2D eigenvalue weighted by atomic mass is 10.2. The summed E-state index contributed by atoms with van der Waals surface area (Å²) < 4.78 is 5.53. The zero-order valence-corrected chi connectivity index (χ0v) is 13.2. The molecule has 1 saturated heterocycles. The molecule has 0 spiro atoms. The van der Waals surface area contributed by atoms with E-state index in [0.29, 0.717) is 38.5 Å². The van der Waals surface area contributed by atoms with Crippen molar-refractivity contribution >= 4 is 11.9 Å². The number of hydrogen-bond acceptors (Lipinski definition) is 3. The van der Waals surface area contributed by atoms with Crippen molar-refractivity contribution in [1.82, 2.24) is 15.1 Å². The predicted octanol–water partition coefficient (Wildman–Crippen LogP) is 1.25. The molecule has 1 heterocycles. The fourth-order valence-electron chi connectivity index (χ4n) is 2.36. The van der Waals surface area contributed by atoms with Crippen LogP contribution in [0.1, 0.15) is 12.5 Å². The summed E-state index contributed by atoms with van der Waals surface area (Å²) in [6.45, 7) is 6.73. The van der Waals surface area contributed by atoms with Crippen LogP contribution in [0.15, 0.2) is 24.3 Å². The molecule has 0 aliphatic carbocycles. The second-order valence-electron chi connectivity index (χ2n) is 5.31. The topological polar surface area (TPSA) is 61.9 Å². The summed E-state index contributed by atoms with van der Waals surface area (Å²) in [5.41, 5.74) is 1.10. The van der Waals surface area contributed by atoms with E-state index in [2.05, 4.69) is 5.32 Å². The SMILES string of the molecule is CCNC(=O)N1CCN(C(=O)COc2cccc(C)c2)CC1. The molecule has 2 rings (SSSR count). The first-order chi connectivity index (χ1) is 10.6. The lowest BCUT2D eigenvalue weighted by molar-refractivity contribution is -0.134. The van der Waals surface area contributed by atoms with Gasteiger partial charge in [-0.25, -0.2) is 4.79 Å². The first-order valence-corrected chi connectivity index (χ1v) is 7.60. The number of nitrogens with one attached hydrogen (secondary N) is 1. The molecule has 0 bridgehead atoms. The molecule has 3 amide bonds. The highest BCUT2D eigenvalue weighted by Crippen LogP contribution is 2.12. The van der Waals surface area contributed by atoms with Crippen LogP contribution in [0.5, 0.6) is 5.75 Å². The number of ether oxygens (including phenoxy) is 1. The number of rotatable bonds is 4. The monoisotopic (exact) mass is 305 g/mol. The molecule has 120 valence electrons. The van der Waals surface area contributed by atoms with Crippen LogP contribution in [0, 0.1) is 6.92 Å². The van der Waals surface area contributed by atoms with Gasteiger partial charge < -0.3 is 19.9 Å². The van der Waals surface area contributed by atoms with E-state index in [1.165, 1.54) is 0 Å². The second kappa shape index (κ2) is 7.68. The van der Waals surface area contributed by atoms with Gasteiger partial charge in [-0.05, 0) is 31.5 Å². The number of aryl methyl sites for hydroxylation is 1. The number of benzene rings is 1. The average Bonchev–Trinajstić information content (AvgIpc) is 2.53. The number of nitrogens with zero attached hydrogens (tertiary/aromatic N) is 2. The van der Waals surface area contributed by atoms with Gasteiger partial charge >= 0.3 is 6.03 Å². The Morgan fingerprint density at radius 2 is 1.86 bits per heavy atom. The molecule has 6 heteroatoms. The molecule has 1 aliphatic heterocycles. The van der Waals surface area contributed by atoms with E-state index in [1.807, 2.05) is 38.1 Å². The Hall–Kier alpha value is -2.24. The normalized spacial score (nSPS) is 14.6. The fraction of sp³-hybridized carbons (Fsp3) is 0.500. The molecule has 6 nitrogen and oxygen atoms in total. The van der Waals surface area contributed by atoms with Crippen molar-refractivity contribution in [2.45, 2.75) is 13.8 Å². The molecule has 0 unspecified atom stereocenters. The minimum atomic E-state index is -0.0643. The lowest BCUT2D eigenvalue weighted by Gasteiger charge is -2.34. The van der Waals surface area contributed by atoms with Crippen LogP contribution < -0.4 is 10.1 Å². The van der Waals surface area contributed by atoms with E-state index in [-0.39, 0.29) is 18.5 Å². The van der Waals surface area contributed by atoms with E-state index in [1.54, 1.807) is 9.80 Å². The molecule has 1 fully saturated rings. The third-order valence-corrected chi connectivity index (χ3v) is 3.60. The van der Waals surface area contributed by atoms with Crippen LogP contribution in [-0.2, 0) is 4.79 Å². The maximum Gasteiger partial charge on any atom is 0.317 e. The highest BCUT2D eigenvalue weighted by atomic mass is 16.5. The molecule has 1 aliphatic rings. The van der Waals surface area contributed by atoms with E-state index in [0.717, 1.165) is 5.56 Å². The van der Waals surface area contributed by atoms with Crippen molar-refractivity contribution in [2.24, 2.45) is 0 Å². The van der Waals surface area contributed by atoms with Gasteiger partial charge in [0.05, 0.1) is 0 Å². The van der Waals surface area contributed by atoms with Crippen molar-refractivity contribution in [3.8, 4) is 5.75 Å². The Kier molecular flexibility index (Phi) is 5.63. The number of carbonyl (C=O) groups excluding carboxylic acids is 2. The molecule has 22 heavy (non-hydrogen) atoms. The minimum Gasteiger partial charge on any atom is -0.484 e. The average molecular weight is 305 g/mol. The molecule has 1 aromatic rings. The van der Waals surface area contributed by atoms with E-state index in [4.69, 9.17) is 4.74 Å². The van der Waals surface area contributed by atoms with Crippen LogP contribution in [-0.4, -0.2) is 61.1 Å². The largest absolute Gasteiger partial charge is 0.484 e. The van der Waals surface area contributed by atoms with Gasteiger partial charge in [-0.15, -0.1) is 0 Å². The van der Waals surface area contributed by atoms with Gasteiger partial charge in [0.2, 0.25) is 0 Å². The Morgan fingerprint density at radius 1 is 1.18 bits per heavy atom. The molecule has 0 radical (unpaired) electrons. The summed E-state index contributed by atoms with van der Waals surface area (Å²) in [5.74, 6) is 0.659. The van der Waals surface area contributed by atoms with Crippen LogP contribution in [0.25, 0.3) is 0 Å². The Labute approximate surface area is 131 Å². The van der Waals surface area contributed by atoms with Crippen LogP contribution >= 0.6 is 0 Å². The first-order valence-electron chi connectivity index (χ1n) is 7.60. The van der Waals surface area contributed by atoms with Gasteiger partial charge in [0.1, 0.15) is 5.75 Å². The van der Waals surface area contributed by atoms with Crippen molar-refractivity contribution in [3.63, 3.8) is 0 Å². The zero-order chi connectivity index (χ0) is 15.9. The lowest BCUT2D eigenvalue weighted by Crippen LogP contribution is -2.53. The molecular formula is C16H23N3O3. The van der Waals surface area contributed by atoms with Gasteiger partial charge in [0, 0.05) is 32.7 Å². The van der Waals surface area contributed by atoms with Crippen LogP contribution in [0.3, 0.4) is 0 Å². The van der Waals surface area contributed by atoms with E-state index < -0.39 is 0 Å². The summed E-state index contributed by atoms with van der Waals surface area (Å²) in [6.07, 6.45) is 0. The smallest absolute Gasteiger partial charge is 0.317 e. The number of carbonyl (C=O) groups is 2. The maximum atomic E-state index is 12.1. The molecule has 0 aromatic heterocycles. The molecular weight excluding hydrogens is 282 g/mol. The maximum absolute atomic E-state index is 12.1. The Bertz CT molecular complexity index is 525. The third kappa shape index (κ3) is 4.38. The van der Waals surface area contributed by atoms with Gasteiger partial charge in [-0.3, -0.25) is 4.79 Å². The van der Waals surface area contributed by atoms with Crippen LogP contribution in [0.2, 0.25) is 0 Å². The van der Waals surface area contributed by atoms with Crippen molar-refractivity contribution in [2.75, 3.05) is 39.3 Å². The number of urea groups is 1. The van der Waals surface area contributed by atoms with Gasteiger partial charge in [-0.1, -0.05) is 12.1 Å². The Morgan fingerprint density at radius 3 is 2.50 bits per heavy atom. The summed E-state index contributed by atoms with van der Waals surface area (Å²) in [4.78, 5) is 27.3. The highest BCUT2D eigenvalue weighted by Gasteiger charge is 2.23. The standard InChI is InChI=1S/C16H23N3O3/c1-3-17-16(21)19-9-7-18(8-10-19)15(20)12-22-14-6-4-5-13(2)11-14/h4-6,11H,3,7-10,12H2,1-2H3,(H,17,21). The quantitative estimate of drug-likeness (QED) is 0.910. The summed E-state index contributed by atoms with van der Waals surface area (Å²) in [6, 6.07) is 7.56. The predicted molar refractivity (Wildman–Crippen MR) is 83.9 cm³/mol. The molecule has 0 saturated carbocycles. The van der Waals surface area contributed by atoms with E-state index in [9.17, 15) is 9.59 Å². The van der Waals surface area contributed by atoms with Gasteiger partial charge in [-0.2, -0.15) is 0 Å². The molecule has 1 aromatic carbocycles. The minimum absolute atomic E-state index is 0.0324. The summed E-state index contributed by atoms with van der Waals surface area (Å²) in [5, 5.41) is 2.77. The summed E-state index contributed by atoms with van der Waals surface area (Å²) in [7, 11) is 0. The molecule has 1 N–H and O–H groups in total. The van der Waals surface area contributed by atoms with Gasteiger partial charge in [0.15, 0.2) is 6.61 Å². The molecule has 0 atom stereocenters. The number of hydrogen-bond donors (Lipinski definition) is 1. The highest BCUT2D eigenvalue weighted by molar-refractivity contribution is 5.78. The van der Waals surface area contributed by atoms with Crippen LogP contribution in [0.4, 0.5) is 4.79 Å². The van der Waals surface area contributed by atoms with Crippen molar-refractivity contribution in [1.29, 1.82) is 0 Å². The van der Waals surface area contributed by atoms with E-state index >= 15 is 0 Å².